The van der Waals surface area contributed by atoms with Crippen molar-refractivity contribution in [3.63, 3.8) is 0 Å². The number of nitrogens with one attached hydrogen (secondary N) is 2. The largest absolute Gasteiger partial charge is 0.333 e. The van der Waals surface area contributed by atoms with Gasteiger partial charge in [-0.1, -0.05) is 20.3 Å². The Morgan fingerprint density at radius 2 is 1.47 bits per heavy atom. The zero-order valence-electron chi connectivity index (χ0n) is 11.0. The lowest BCUT2D eigenvalue weighted by molar-refractivity contribution is 0.216. The van der Waals surface area contributed by atoms with Crippen LogP contribution in [0.2, 0.25) is 0 Å². The van der Waals surface area contributed by atoms with Gasteiger partial charge >= 0.3 is 6.03 Å². The van der Waals surface area contributed by atoms with Crippen molar-refractivity contribution in [3.8, 4) is 0 Å². The molecule has 0 fully saturated rings. The van der Waals surface area contributed by atoms with Gasteiger partial charge in [-0.2, -0.15) is 0 Å². The topological polar surface area (TPSA) is 41.1 Å². The maximum atomic E-state index is 11.7. The number of hydrogen-bond donors (Lipinski definition) is 2. The summed E-state index contributed by atoms with van der Waals surface area (Å²) in [6.45, 7) is 12.3. The molecule has 0 bridgehead atoms. The van der Waals surface area contributed by atoms with Crippen LogP contribution in [0.4, 0.5) is 4.79 Å². The SMILES string of the molecule is CCCC(C)(C)NC(=O)NC(C)(C)CC. The molecule has 0 aliphatic carbocycles. The highest BCUT2D eigenvalue weighted by atomic mass is 16.2. The van der Waals surface area contributed by atoms with Crippen LogP contribution in [0.25, 0.3) is 0 Å². The number of hydrogen-bond acceptors (Lipinski definition) is 1. The predicted octanol–water partition coefficient (Wildman–Crippen LogP) is 3.05. The molecule has 0 unspecified atom stereocenters. The zero-order chi connectivity index (χ0) is 12.1. The number of urea groups is 1. The highest BCUT2D eigenvalue weighted by Crippen LogP contribution is 2.11. The van der Waals surface area contributed by atoms with Crippen molar-refractivity contribution in [1.82, 2.24) is 10.6 Å². The van der Waals surface area contributed by atoms with Gasteiger partial charge in [0.25, 0.3) is 0 Å². The molecule has 15 heavy (non-hydrogen) atoms. The van der Waals surface area contributed by atoms with Gasteiger partial charge in [0.15, 0.2) is 0 Å². The molecule has 0 aliphatic rings. The van der Waals surface area contributed by atoms with Gasteiger partial charge in [0.1, 0.15) is 0 Å². The summed E-state index contributed by atoms with van der Waals surface area (Å²) >= 11 is 0. The minimum absolute atomic E-state index is 0.0692. The normalized spacial score (nSPS) is 12.4. The second-order valence-corrected chi connectivity index (χ2v) is 5.45. The predicted molar refractivity (Wildman–Crippen MR) is 65.0 cm³/mol. The summed E-state index contributed by atoms with van der Waals surface area (Å²) < 4.78 is 0. The van der Waals surface area contributed by atoms with Crippen LogP contribution in [0.15, 0.2) is 0 Å². The number of carbonyl (C=O) groups is 1. The summed E-state index contributed by atoms with van der Waals surface area (Å²) in [7, 11) is 0. The Morgan fingerprint density at radius 3 is 1.87 bits per heavy atom. The van der Waals surface area contributed by atoms with Gasteiger partial charge in [0.2, 0.25) is 0 Å². The van der Waals surface area contributed by atoms with E-state index in [0.29, 0.717) is 0 Å². The molecule has 0 atom stereocenters. The van der Waals surface area contributed by atoms with Gasteiger partial charge < -0.3 is 10.6 Å². The van der Waals surface area contributed by atoms with Gasteiger partial charge in [0.05, 0.1) is 0 Å². The first-order chi connectivity index (χ1) is 6.72. The van der Waals surface area contributed by atoms with Crippen LogP contribution in [0.3, 0.4) is 0 Å². The van der Waals surface area contributed by atoms with Gasteiger partial charge in [-0.25, -0.2) is 4.79 Å². The monoisotopic (exact) mass is 214 g/mol. The molecule has 0 radical (unpaired) electrons. The van der Waals surface area contributed by atoms with E-state index in [4.69, 9.17) is 0 Å². The fraction of sp³-hybridized carbons (Fsp3) is 0.917. The molecule has 3 heteroatoms. The summed E-state index contributed by atoms with van der Waals surface area (Å²) in [5, 5.41) is 5.97. The van der Waals surface area contributed by atoms with E-state index < -0.39 is 0 Å². The van der Waals surface area contributed by atoms with E-state index in [-0.39, 0.29) is 17.1 Å². The van der Waals surface area contributed by atoms with Gasteiger partial charge in [-0.15, -0.1) is 0 Å². The van der Waals surface area contributed by atoms with Crippen molar-refractivity contribution in [2.24, 2.45) is 0 Å². The van der Waals surface area contributed by atoms with E-state index >= 15 is 0 Å². The lowest BCUT2D eigenvalue weighted by atomic mass is 9.99. The van der Waals surface area contributed by atoms with Crippen molar-refractivity contribution in [1.29, 1.82) is 0 Å². The quantitative estimate of drug-likeness (QED) is 0.725. The molecule has 0 spiro atoms. The van der Waals surface area contributed by atoms with Crippen LogP contribution in [-0.2, 0) is 0 Å². The van der Waals surface area contributed by atoms with Crippen molar-refractivity contribution < 1.29 is 4.79 Å². The standard InChI is InChI=1S/C12H26N2O/c1-7-9-12(5,6)14-10(15)13-11(3,4)8-2/h7-9H2,1-6H3,(H2,13,14,15). The van der Waals surface area contributed by atoms with Crippen LogP contribution in [-0.4, -0.2) is 17.1 Å². The van der Waals surface area contributed by atoms with E-state index in [1.165, 1.54) is 0 Å². The second kappa shape index (κ2) is 5.38. The molecule has 0 heterocycles. The molecule has 0 saturated carbocycles. The Morgan fingerprint density at radius 1 is 1.00 bits per heavy atom. The smallest absolute Gasteiger partial charge is 0.315 e. The van der Waals surface area contributed by atoms with Gasteiger partial charge in [-0.05, 0) is 40.5 Å². The summed E-state index contributed by atoms with van der Waals surface area (Å²) in [6.07, 6.45) is 2.99. The molecule has 2 amide bonds. The van der Waals surface area contributed by atoms with E-state index in [9.17, 15) is 4.79 Å². The first kappa shape index (κ1) is 14.3. The molecule has 90 valence electrons. The highest BCUT2D eigenvalue weighted by Gasteiger charge is 2.23. The Labute approximate surface area is 94.0 Å². The average molecular weight is 214 g/mol. The fourth-order valence-electron chi connectivity index (χ4n) is 1.42. The fourth-order valence-corrected chi connectivity index (χ4v) is 1.42. The van der Waals surface area contributed by atoms with Gasteiger partial charge in [-0.3, -0.25) is 0 Å². The Bertz CT molecular complexity index is 210. The van der Waals surface area contributed by atoms with E-state index in [0.717, 1.165) is 19.3 Å². The van der Waals surface area contributed by atoms with E-state index in [1.807, 2.05) is 13.8 Å². The Kier molecular flexibility index (Phi) is 5.12. The third-order valence-corrected chi connectivity index (χ3v) is 2.66. The zero-order valence-corrected chi connectivity index (χ0v) is 11.0. The van der Waals surface area contributed by atoms with Crippen LogP contribution in [0.1, 0.15) is 60.8 Å². The summed E-state index contributed by atoms with van der Waals surface area (Å²) in [5.74, 6) is 0. The van der Waals surface area contributed by atoms with E-state index in [2.05, 4.69) is 38.3 Å². The molecule has 0 aromatic rings. The molecule has 0 aliphatic heterocycles. The molecule has 0 aromatic heterocycles. The highest BCUT2D eigenvalue weighted by molar-refractivity contribution is 5.75. The molecule has 2 N–H and O–H groups in total. The summed E-state index contributed by atoms with van der Waals surface area (Å²) in [4.78, 5) is 11.7. The lowest BCUT2D eigenvalue weighted by Crippen LogP contribution is -2.54. The van der Waals surface area contributed by atoms with Crippen LogP contribution in [0, 0.1) is 0 Å². The third kappa shape index (κ3) is 6.37. The molecule has 0 aromatic carbocycles. The molecular formula is C12H26N2O. The third-order valence-electron chi connectivity index (χ3n) is 2.66. The molecule has 0 saturated heterocycles. The van der Waals surface area contributed by atoms with Crippen LogP contribution < -0.4 is 10.6 Å². The van der Waals surface area contributed by atoms with Crippen molar-refractivity contribution in [2.75, 3.05) is 0 Å². The van der Waals surface area contributed by atoms with E-state index in [1.54, 1.807) is 0 Å². The maximum absolute atomic E-state index is 11.7. The molecule has 3 nitrogen and oxygen atoms in total. The lowest BCUT2D eigenvalue weighted by Gasteiger charge is -2.30. The summed E-state index contributed by atoms with van der Waals surface area (Å²) in [5.41, 5.74) is -0.255. The second-order valence-electron chi connectivity index (χ2n) is 5.45. The first-order valence-electron chi connectivity index (χ1n) is 5.83. The summed E-state index contributed by atoms with van der Waals surface area (Å²) in [6, 6.07) is -0.0692. The number of rotatable bonds is 5. The maximum Gasteiger partial charge on any atom is 0.315 e. The van der Waals surface area contributed by atoms with Crippen molar-refractivity contribution in [2.45, 2.75) is 71.9 Å². The van der Waals surface area contributed by atoms with Crippen LogP contribution in [0.5, 0.6) is 0 Å². The van der Waals surface area contributed by atoms with Crippen LogP contribution >= 0.6 is 0 Å². The minimum atomic E-state index is -0.133. The van der Waals surface area contributed by atoms with Gasteiger partial charge in [0, 0.05) is 11.1 Å². The Balaban J connectivity index is 4.14. The molecular weight excluding hydrogens is 188 g/mol. The average Bonchev–Trinajstić information content (AvgIpc) is 2.01. The van der Waals surface area contributed by atoms with Crippen molar-refractivity contribution in [3.05, 3.63) is 0 Å². The molecule has 0 rings (SSSR count). The number of amides is 2. The first-order valence-corrected chi connectivity index (χ1v) is 5.83. The van der Waals surface area contributed by atoms with Crippen molar-refractivity contribution >= 4 is 6.03 Å². The minimum Gasteiger partial charge on any atom is -0.333 e. The Hall–Kier alpha value is -0.730. The number of carbonyl (C=O) groups excluding carboxylic acids is 1.